The van der Waals surface area contributed by atoms with Crippen molar-refractivity contribution in [2.45, 2.75) is 17.7 Å². The third-order valence-electron chi connectivity index (χ3n) is 4.94. The van der Waals surface area contributed by atoms with Gasteiger partial charge in [-0.2, -0.15) is 4.31 Å². The van der Waals surface area contributed by atoms with E-state index in [1.54, 1.807) is 55.6 Å². The van der Waals surface area contributed by atoms with Gasteiger partial charge in [-0.15, -0.1) is 0 Å². The number of hydrogen-bond donors (Lipinski definition) is 1. The van der Waals surface area contributed by atoms with E-state index >= 15 is 0 Å². The van der Waals surface area contributed by atoms with Crippen LogP contribution < -0.4 is 14.8 Å². The van der Waals surface area contributed by atoms with Crippen molar-refractivity contribution in [3.63, 3.8) is 0 Å². The molecule has 9 heteroatoms. The van der Waals surface area contributed by atoms with E-state index in [1.165, 1.54) is 4.31 Å². The summed E-state index contributed by atoms with van der Waals surface area (Å²) in [4.78, 5) is 12.8. The molecule has 0 spiro atoms. The SMILES string of the molecule is COc1ccc(OCCNC(=O)C2CCCN(S(=O)(=O)c3ccc(Br)cc3)C2)cc1. The van der Waals surface area contributed by atoms with E-state index in [0.717, 1.165) is 10.2 Å². The number of ether oxygens (including phenoxy) is 2. The number of carbonyl (C=O) groups excluding carboxylic acids is 1. The summed E-state index contributed by atoms with van der Waals surface area (Å²) in [5, 5.41) is 2.85. The zero-order valence-corrected chi connectivity index (χ0v) is 19.1. The third-order valence-corrected chi connectivity index (χ3v) is 7.34. The Balaban J connectivity index is 1.49. The number of benzene rings is 2. The smallest absolute Gasteiger partial charge is 0.243 e. The molecule has 30 heavy (non-hydrogen) atoms. The van der Waals surface area contributed by atoms with Crippen LogP contribution >= 0.6 is 15.9 Å². The number of methoxy groups -OCH3 is 1. The number of piperidine rings is 1. The summed E-state index contributed by atoms with van der Waals surface area (Å²) < 4.78 is 38.7. The highest BCUT2D eigenvalue weighted by atomic mass is 79.9. The van der Waals surface area contributed by atoms with Crippen molar-refractivity contribution in [3.8, 4) is 11.5 Å². The van der Waals surface area contributed by atoms with Gasteiger partial charge in [0, 0.05) is 17.6 Å². The van der Waals surface area contributed by atoms with Gasteiger partial charge < -0.3 is 14.8 Å². The molecule has 1 atom stereocenters. The van der Waals surface area contributed by atoms with Crippen molar-refractivity contribution >= 4 is 31.9 Å². The van der Waals surface area contributed by atoms with Gasteiger partial charge in [-0.1, -0.05) is 15.9 Å². The molecule has 1 aliphatic rings. The number of carbonyl (C=O) groups is 1. The Morgan fingerprint density at radius 1 is 1.13 bits per heavy atom. The molecular formula is C21H25BrN2O5S. The first kappa shape index (κ1) is 22.6. The molecule has 2 aromatic rings. The van der Waals surface area contributed by atoms with Crippen LogP contribution in [0.1, 0.15) is 12.8 Å². The van der Waals surface area contributed by atoms with Crippen molar-refractivity contribution in [2.24, 2.45) is 5.92 Å². The maximum absolute atomic E-state index is 12.9. The Labute approximate surface area is 185 Å². The van der Waals surface area contributed by atoms with Crippen LogP contribution in [-0.4, -0.2) is 52.0 Å². The van der Waals surface area contributed by atoms with Crippen LogP contribution in [0.5, 0.6) is 11.5 Å². The lowest BCUT2D eigenvalue weighted by Gasteiger charge is -2.31. The van der Waals surface area contributed by atoms with Gasteiger partial charge in [0.15, 0.2) is 0 Å². The molecule has 1 unspecified atom stereocenters. The molecule has 1 saturated heterocycles. The average Bonchev–Trinajstić information content (AvgIpc) is 2.77. The topological polar surface area (TPSA) is 84.9 Å². The molecule has 0 saturated carbocycles. The lowest BCUT2D eigenvalue weighted by molar-refractivity contribution is -0.126. The second-order valence-electron chi connectivity index (χ2n) is 6.97. The largest absolute Gasteiger partial charge is 0.497 e. The fourth-order valence-electron chi connectivity index (χ4n) is 3.29. The Morgan fingerprint density at radius 3 is 2.47 bits per heavy atom. The standard InChI is InChI=1S/C21H25BrN2O5S/c1-28-18-6-8-19(9-7-18)29-14-12-23-21(25)16-3-2-13-24(15-16)30(26,27)20-10-4-17(22)5-11-20/h4-11,16H,2-3,12-15H2,1H3,(H,23,25). The van der Waals surface area contributed by atoms with E-state index in [0.29, 0.717) is 38.3 Å². The maximum atomic E-state index is 12.9. The summed E-state index contributed by atoms with van der Waals surface area (Å²) in [7, 11) is -2.02. The van der Waals surface area contributed by atoms with E-state index in [4.69, 9.17) is 9.47 Å². The second-order valence-corrected chi connectivity index (χ2v) is 9.82. The van der Waals surface area contributed by atoms with Gasteiger partial charge >= 0.3 is 0 Å². The minimum absolute atomic E-state index is 0.149. The summed E-state index contributed by atoms with van der Waals surface area (Å²) in [6.45, 7) is 1.28. The van der Waals surface area contributed by atoms with Gasteiger partial charge in [-0.25, -0.2) is 8.42 Å². The molecule has 0 radical (unpaired) electrons. The van der Waals surface area contributed by atoms with Crippen LogP contribution in [0.4, 0.5) is 0 Å². The Kier molecular flexibility index (Phi) is 7.74. The molecule has 162 valence electrons. The Hall–Kier alpha value is -2.10. The molecule has 3 rings (SSSR count). The maximum Gasteiger partial charge on any atom is 0.243 e. The minimum Gasteiger partial charge on any atom is -0.497 e. The normalized spacial score (nSPS) is 17.3. The first-order chi connectivity index (χ1) is 14.4. The number of nitrogens with zero attached hydrogens (tertiary/aromatic N) is 1. The number of rotatable bonds is 8. The second kappa shape index (κ2) is 10.3. The van der Waals surface area contributed by atoms with Crippen molar-refractivity contribution in [3.05, 3.63) is 53.0 Å². The predicted molar refractivity (Wildman–Crippen MR) is 117 cm³/mol. The zero-order chi connectivity index (χ0) is 21.6. The van der Waals surface area contributed by atoms with E-state index in [-0.39, 0.29) is 23.3 Å². The van der Waals surface area contributed by atoms with Crippen molar-refractivity contribution in [1.29, 1.82) is 0 Å². The summed E-state index contributed by atoms with van der Waals surface area (Å²) in [6, 6.07) is 13.7. The quantitative estimate of drug-likeness (QED) is 0.567. The van der Waals surface area contributed by atoms with Gasteiger partial charge in [0.1, 0.15) is 18.1 Å². The van der Waals surface area contributed by atoms with Crippen LogP contribution in [0, 0.1) is 5.92 Å². The fourth-order valence-corrected chi connectivity index (χ4v) is 5.08. The number of sulfonamides is 1. The molecule has 0 aliphatic carbocycles. The third kappa shape index (κ3) is 5.74. The van der Waals surface area contributed by atoms with Crippen molar-refractivity contribution in [1.82, 2.24) is 9.62 Å². The highest BCUT2D eigenvalue weighted by Gasteiger charge is 2.33. The van der Waals surface area contributed by atoms with Gasteiger partial charge in [0.2, 0.25) is 15.9 Å². The molecule has 1 N–H and O–H groups in total. The first-order valence-electron chi connectivity index (χ1n) is 9.70. The monoisotopic (exact) mass is 496 g/mol. The predicted octanol–water partition coefficient (Wildman–Crippen LogP) is 3.05. The van der Waals surface area contributed by atoms with Crippen LogP contribution in [0.25, 0.3) is 0 Å². The van der Waals surface area contributed by atoms with E-state index in [9.17, 15) is 13.2 Å². The highest BCUT2D eigenvalue weighted by molar-refractivity contribution is 9.10. The molecule has 0 aromatic heterocycles. The number of hydrogen-bond acceptors (Lipinski definition) is 5. The van der Waals surface area contributed by atoms with Crippen molar-refractivity contribution in [2.75, 3.05) is 33.4 Å². The van der Waals surface area contributed by atoms with Gasteiger partial charge in [-0.3, -0.25) is 4.79 Å². The molecule has 1 amide bonds. The summed E-state index contributed by atoms with van der Waals surface area (Å²) >= 11 is 3.31. The van der Waals surface area contributed by atoms with Crippen LogP contribution in [0.3, 0.4) is 0 Å². The first-order valence-corrected chi connectivity index (χ1v) is 11.9. The Bertz CT molecular complexity index is 948. The lowest BCUT2D eigenvalue weighted by atomic mass is 9.99. The number of nitrogens with one attached hydrogen (secondary N) is 1. The Morgan fingerprint density at radius 2 is 1.80 bits per heavy atom. The zero-order valence-electron chi connectivity index (χ0n) is 16.7. The minimum atomic E-state index is -3.61. The summed E-state index contributed by atoms with van der Waals surface area (Å²) in [5.74, 6) is 0.916. The molecule has 1 heterocycles. The van der Waals surface area contributed by atoms with Crippen LogP contribution in [0.2, 0.25) is 0 Å². The lowest BCUT2D eigenvalue weighted by Crippen LogP contribution is -2.45. The molecule has 1 fully saturated rings. The van der Waals surface area contributed by atoms with Crippen molar-refractivity contribution < 1.29 is 22.7 Å². The number of amides is 1. The highest BCUT2D eigenvalue weighted by Crippen LogP contribution is 2.25. The average molecular weight is 497 g/mol. The van der Waals surface area contributed by atoms with Gasteiger partial charge in [-0.05, 0) is 61.4 Å². The number of halogens is 1. The van der Waals surface area contributed by atoms with E-state index in [2.05, 4.69) is 21.2 Å². The molecule has 0 bridgehead atoms. The molecule has 7 nitrogen and oxygen atoms in total. The summed E-state index contributed by atoms with van der Waals surface area (Å²) in [6.07, 6.45) is 1.31. The molecule has 2 aromatic carbocycles. The van der Waals surface area contributed by atoms with Gasteiger partial charge in [0.05, 0.1) is 24.5 Å². The van der Waals surface area contributed by atoms with E-state index < -0.39 is 10.0 Å². The fraction of sp³-hybridized carbons (Fsp3) is 0.381. The van der Waals surface area contributed by atoms with Gasteiger partial charge in [0.25, 0.3) is 0 Å². The van der Waals surface area contributed by atoms with Crippen LogP contribution in [0.15, 0.2) is 57.9 Å². The molecular weight excluding hydrogens is 472 g/mol. The summed E-state index contributed by atoms with van der Waals surface area (Å²) in [5.41, 5.74) is 0. The van der Waals surface area contributed by atoms with Crippen LogP contribution in [-0.2, 0) is 14.8 Å². The molecule has 1 aliphatic heterocycles. The van der Waals surface area contributed by atoms with E-state index in [1.807, 2.05) is 0 Å².